The number of aromatic nitrogens is 1. The molecule has 0 radical (unpaired) electrons. The van der Waals surface area contributed by atoms with Crippen molar-refractivity contribution in [2.75, 3.05) is 25.4 Å². The van der Waals surface area contributed by atoms with Crippen LogP contribution in [0.15, 0.2) is 29.6 Å². The SMILES string of the molecule is Nc1nc(-c2ccc(OCC(=O)N3CCCC3)cc2)cs1. The first-order valence-corrected chi connectivity index (χ1v) is 7.82. The van der Waals surface area contributed by atoms with Gasteiger partial charge in [-0.05, 0) is 37.1 Å². The Labute approximate surface area is 127 Å². The van der Waals surface area contributed by atoms with E-state index < -0.39 is 0 Å². The van der Waals surface area contributed by atoms with Gasteiger partial charge in [0.1, 0.15) is 5.75 Å². The molecule has 1 aliphatic heterocycles. The molecule has 1 fully saturated rings. The fourth-order valence-electron chi connectivity index (χ4n) is 2.35. The number of anilines is 1. The highest BCUT2D eigenvalue weighted by atomic mass is 32.1. The summed E-state index contributed by atoms with van der Waals surface area (Å²) < 4.78 is 5.54. The van der Waals surface area contributed by atoms with Crippen LogP contribution in [0.5, 0.6) is 5.75 Å². The Balaban J connectivity index is 1.58. The molecular formula is C15H17N3O2S. The van der Waals surface area contributed by atoms with E-state index in [2.05, 4.69) is 4.98 Å². The summed E-state index contributed by atoms with van der Waals surface area (Å²) in [4.78, 5) is 18.0. The van der Waals surface area contributed by atoms with Crippen LogP contribution in [0.3, 0.4) is 0 Å². The van der Waals surface area contributed by atoms with Gasteiger partial charge < -0.3 is 15.4 Å². The van der Waals surface area contributed by atoms with Gasteiger partial charge in [-0.15, -0.1) is 11.3 Å². The number of nitrogens with zero attached hydrogens (tertiary/aromatic N) is 2. The number of nitrogen functional groups attached to an aromatic ring is 1. The standard InChI is InChI=1S/C15H17N3O2S/c16-15-17-13(10-21-15)11-3-5-12(6-4-11)20-9-14(19)18-7-1-2-8-18/h3-6,10H,1-2,7-9H2,(H2,16,17). The molecule has 21 heavy (non-hydrogen) atoms. The van der Waals surface area contributed by atoms with Crippen LogP contribution < -0.4 is 10.5 Å². The predicted octanol–water partition coefficient (Wildman–Crippen LogP) is 2.39. The summed E-state index contributed by atoms with van der Waals surface area (Å²) in [5.41, 5.74) is 7.47. The number of hydrogen-bond acceptors (Lipinski definition) is 5. The Kier molecular flexibility index (Phi) is 4.06. The average molecular weight is 303 g/mol. The van der Waals surface area contributed by atoms with E-state index in [9.17, 15) is 4.79 Å². The second kappa shape index (κ2) is 6.13. The number of ether oxygens (including phenoxy) is 1. The molecular weight excluding hydrogens is 286 g/mol. The molecule has 0 saturated carbocycles. The third kappa shape index (κ3) is 3.33. The van der Waals surface area contributed by atoms with Crippen molar-refractivity contribution in [2.24, 2.45) is 0 Å². The summed E-state index contributed by atoms with van der Waals surface area (Å²) in [5, 5.41) is 2.48. The fourth-order valence-corrected chi connectivity index (χ4v) is 2.92. The van der Waals surface area contributed by atoms with Gasteiger partial charge in [0.15, 0.2) is 11.7 Å². The first-order valence-electron chi connectivity index (χ1n) is 6.94. The number of thiazole rings is 1. The lowest BCUT2D eigenvalue weighted by atomic mass is 10.2. The van der Waals surface area contributed by atoms with E-state index in [1.807, 2.05) is 34.5 Å². The van der Waals surface area contributed by atoms with Crippen LogP contribution in [0.25, 0.3) is 11.3 Å². The molecule has 5 nitrogen and oxygen atoms in total. The van der Waals surface area contributed by atoms with E-state index >= 15 is 0 Å². The highest BCUT2D eigenvalue weighted by Crippen LogP contribution is 2.25. The molecule has 2 N–H and O–H groups in total. The smallest absolute Gasteiger partial charge is 0.260 e. The Morgan fingerprint density at radius 3 is 2.62 bits per heavy atom. The molecule has 1 amide bonds. The zero-order valence-electron chi connectivity index (χ0n) is 11.6. The molecule has 0 aliphatic carbocycles. The third-order valence-electron chi connectivity index (χ3n) is 3.49. The second-order valence-corrected chi connectivity index (χ2v) is 5.86. The lowest BCUT2D eigenvalue weighted by Crippen LogP contribution is -2.32. The summed E-state index contributed by atoms with van der Waals surface area (Å²) in [6.45, 7) is 1.81. The van der Waals surface area contributed by atoms with E-state index in [-0.39, 0.29) is 12.5 Å². The molecule has 1 aromatic carbocycles. The molecule has 3 rings (SSSR count). The predicted molar refractivity (Wildman–Crippen MR) is 83.3 cm³/mol. The molecule has 1 aliphatic rings. The van der Waals surface area contributed by atoms with Gasteiger partial charge >= 0.3 is 0 Å². The first-order chi connectivity index (χ1) is 10.2. The molecule has 0 bridgehead atoms. The van der Waals surface area contributed by atoms with Gasteiger partial charge in [0, 0.05) is 24.0 Å². The monoisotopic (exact) mass is 303 g/mol. The Bertz CT molecular complexity index is 618. The summed E-state index contributed by atoms with van der Waals surface area (Å²) >= 11 is 1.42. The van der Waals surface area contributed by atoms with E-state index in [0.29, 0.717) is 10.9 Å². The maximum atomic E-state index is 11.9. The lowest BCUT2D eigenvalue weighted by Gasteiger charge is -2.15. The van der Waals surface area contributed by atoms with Gasteiger partial charge in [-0.1, -0.05) is 0 Å². The largest absolute Gasteiger partial charge is 0.484 e. The summed E-state index contributed by atoms with van der Waals surface area (Å²) in [5.74, 6) is 0.748. The van der Waals surface area contributed by atoms with Crippen molar-refractivity contribution < 1.29 is 9.53 Å². The zero-order valence-corrected chi connectivity index (χ0v) is 12.4. The maximum Gasteiger partial charge on any atom is 0.260 e. The van der Waals surface area contributed by atoms with E-state index in [0.717, 1.165) is 37.2 Å². The van der Waals surface area contributed by atoms with Crippen LogP contribution >= 0.6 is 11.3 Å². The van der Waals surface area contributed by atoms with Gasteiger partial charge in [-0.2, -0.15) is 0 Å². The number of carbonyl (C=O) groups excluding carboxylic acids is 1. The van der Waals surface area contributed by atoms with E-state index in [4.69, 9.17) is 10.5 Å². The van der Waals surface area contributed by atoms with E-state index in [1.165, 1.54) is 11.3 Å². The second-order valence-electron chi connectivity index (χ2n) is 4.97. The van der Waals surface area contributed by atoms with Crippen molar-refractivity contribution in [1.82, 2.24) is 9.88 Å². The van der Waals surface area contributed by atoms with Gasteiger partial charge in [0.2, 0.25) is 0 Å². The molecule has 6 heteroatoms. The lowest BCUT2D eigenvalue weighted by molar-refractivity contribution is -0.132. The minimum atomic E-state index is 0.0591. The molecule has 0 spiro atoms. The van der Waals surface area contributed by atoms with Gasteiger partial charge in [-0.25, -0.2) is 4.98 Å². The van der Waals surface area contributed by atoms with Crippen LogP contribution in [-0.4, -0.2) is 35.5 Å². The first kappa shape index (κ1) is 13.9. The highest BCUT2D eigenvalue weighted by molar-refractivity contribution is 7.13. The third-order valence-corrected chi connectivity index (χ3v) is 4.17. The van der Waals surface area contributed by atoms with Crippen molar-refractivity contribution >= 4 is 22.4 Å². The maximum absolute atomic E-state index is 11.9. The number of likely N-dealkylation sites (tertiary alicyclic amines) is 1. The summed E-state index contributed by atoms with van der Waals surface area (Å²) in [6.07, 6.45) is 2.19. The van der Waals surface area contributed by atoms with Crippen LogP contribution in [0.1, 0.15) is 12.8 Å². The van der Waals surface area contributed by atoms with Crippen LogP contribution in [0.4, 0.5) is 5.13 Å². The minimum Gasteiger partial charge on any atom is -0.484 e. The molecule has 1 aromatic heterocycles. The fraction of sp³-hybridized carbons (Fsp3) is 0.333. The van der Waals surface area contributed by atoms with Crippen LogP contribution in [-0.2, 0) is 4.79 Å². The minimum absolute atomic E-state index is 0.0591. The van der Waals surface area contributed by atoms with Gasteiger partial charge in [-0.3, -0.25) is 4.79 Å². The van der Waals surface area contributed by atoms with Crippen molar-refractivity contribution in [3.05, 3.63) is 29.6 Å². The number of carbonyl (C=O) groups is 1. The van der Waals surface area contributed by atoms with Crippen LogP contribution in [0.2, 0.25) is 0 Å². The van der Waals surface area contributed by atoms with Crippen molar-refractivity contribution in [2.45, 2.75) is 12.8 Å². The average Bonchev–Trinajstić information content (AvgIpc) is 3.17. The summed E-state index contributed by atoms with van der Waals surface area (Å²) in [6, 6.07) is 7.54. The topological polar surface area (TPSA) is 68.5 Å². The molecule has 2 heterocycles. The number of amides is 1. The Morgan fingerprint density at radius 1 is 1.29 bits per heavy atom. The van der Waals surface area contributed by atoms with Gasteiger partial charge in [0.25, 0.3) is 5.91 Å². The van der Waals surface area contributed by atoms with Crippen molar-refractivity contribution in [3.63, 3.8) is 0 Å². The Morgan fingerprint density at radius 2 is 2.00 bits per heavy atom. The summed E-state index contributed by atoms with van der Waals surface area (Å²) in [7, 11) is 0. The molecule has 0 unspecified atom stereocenters. The number of nitrogens with two attached hydrogens (primary N) is 1. The normalized spacial score (nSPS) is 14.4. The highest BCUT2D eigenvalue weighted by Gasteiger charge is 2.18. The number of rotatable bonds is 4. The molecule has 0 atom stereocenters. The zero-order chi connectivity index (χ0) is 14.7. The molecule has 1 saturated heterocycles. The van der Waals surface area contributed by atoms with Gasteiger partial charge in [0.05, 0.1) is 5.69 Å². The van der Waals surface area contributed by atoms with Crippen molar-refractivity contribution in [1.29, 1.82) is 0 Å². The molecule has 110 valence electrons. The van der Waals surface area contributed by atoms with E-state index in [1.54, 1.807) is 0 Å². The number of benzene rings is 1. The van der Waals surface area contributed by atoms with Crippen molar-refractivity contribution in [3.8, 4) is 17.0 Å². The molecule has 2 aromatic rings. The Hall–Kier alpha value is -2.08. The quantitative estimate of drug-likeness (QED) is 0.941. The van der Waals surface area contributed by atoms with Crippen LogP contribution in [0, 0.1) is 0 Å². The number of hydrogen-bond donors (Lipinski definition) is 1.